The number of carbonyl (C=O) groups is 3. The molecule has 1 aliphatic rings. The number of esters is 1. The van der Waals surface area contributed by atoms with E-state index in [1.54, 1.807) is 6.07 Å². The number of thiophene rings is 1. The molecule has 0 unspecified atom stereocenters. The predicted molar refractivity (Wildman–Crippen MR) is 113 cm³/mol. The Morgan fingerprint density at radius 1 is 1.13 bits per heavy atom. The van der Waals surface area contributed by atoms with Crippen LogP contribution in [0.2, 0.25) is 0 Å². The Bertz CT molecular complexity index is 1190. The van der Waals surface area contributed by atoms with E-state index >= 15 is 0 Å². The second-order valence-electron chi connectivity index (χ2n) is 7.12. The van der Waals surface area contributed by atoms with E-state index in [-0.39, 0.29) is 23.0 Å². The van der Waals surface area contributed by atoms with Gasteiger partial charge in [0.1, 0.15) is 4.88 Å². The highest BCUT2D eigenvalue weighted by Crippen LogP contribution is 2.33. The number of Topliss-reactive ketones (excluding diaryl/α,β-unsaturated/α-hetero) is 1. The Labute approximate surface area is 182 Å². The van der Waals surface area contributed by atoms with Crippen LogP contribution in [0.1, 0.15) is 47.3 Å². The van der Waals surface area contributed by atoms with Gasteiger partial charge in [-0.25, -0.2) is 4.79 Å². The number of primary amides is 1. The summed E-state index contributed by atoms with van der Waals surface area (Å²) in [5, 5.41) is 1.48. The van der Waals surface area contributed by atoms with Gasteiger partial charge in [0.2, 0.25) is 18.5 Å². The van der Waals surface area contributed by atoms with Gasteiger partial charge in [-0.15, -0.1) is 11.3 Å². The summed E-state index contributed by atoms with van der Waals surface area (Å²) in [4.78, 5) is 36.2. The molecule has 0 spiro atoms. The summed E-state index contributed by atoms with van der Waals surface area (Å²) in [7, 11) is 0. The highest BCUT2D eigenvalue weighted by Gasteiger charge is 2.20. The molecule has 4 rings (SSSR count). The topological polar surface area (TPSA) is 110 Å². The fourth-order valence-electron chi connectivity index (χ4n) is 3.40. The molecular weight excluding hydrogens is 420 g/mol. The molecular formula is C22H20N2O6S. The van der Waals surface area contributed by atoms with Crippen molar-refractivity contribution < 1.29 is 28.6 Å². The first-order chi connectivity index (χ1) is 14.8. The minimum absolute atomic E-state index is 0.215. The zero-order chi connectivity index (χ0) is 22.1. The summed E-state index contributed by atoms with van der Waals surface area (Å²) >= 11 is 1.04. The number of nitrogens with zero attached hydrogens (tertiary/aromatic N) is 1. The van der Waals surface area contributed by atoms with Crippen LogP contribution < -0.4 is 15.2 Å². The minimum Gasteiger partial charge on any atom is -0.454 e. The molecule has 2 N–H and O–H groups in total. The first kappa shape index (κ1) is 20.7. The van der Waals surface area contributed by atoms with Gasteiger partial charge in [0.05, 0.1) is 5.56 Å². The second kappa shape index (κ2) is 8.27. The Balaban J connectivity index is 1.44. The number of hydrogen-bond acceptors (Lipinski definition) is 7. The third-order valence-electron chi connectivity index (χ3n) is 5.07. The van der Waals surface area contributed by atoms with E-state index in [4.69, 9.17) is 19.9 Å². The normalized spacial score (nSPS) is 12.1. The molecule has 0 aliphatic carbocycles. The standard InChI is InChI=1S/C22H20N2O6S/c1-12-5-16(17(25)9-28-22(27)20-7-15(10-31-20)21(23)26)13(2)24(12)8-14-3-4-18-19(6-14)30-11-29-18/h3-7,10H,8-9,11H2,1-2H3,(H2,23,26). The fourth-order valence-corrected chi connectivity index (χ4v) is 4.19. The number of fused-ring (bicyclic) bond motifs is 1. The van der Waals surface area contributed by atoms with Crippen LogP contribution in [-0.4, -0.2) is 35.6 Å². The van der Waals surface area contributed by atoms with Crippen molar-refractivity contribution in [3.8, 4) is 11.5 Å². The zero-order valence-corrected chi connectivity index (χ0v) is 17.8. The molecule has 160 valence electrons. The number of nitrogens with two attached hydrogens (primary N) is 1. The summed E-state index contributed by atoms with van der Waals surface area (Å²) in [6, 6.07) is 8.89. The van der Waals surface area contributed by atoms with Crippen molar-refractivity contribution in [2.24, 2.45) is 5.73 Å². The zero-order valence-electron chi connectivity index (χ0n) is 17.0. The average Bonchev–Trinajstić information content (AvgIpc) is 3.47. The van der Waals surface area contributed by atoms with Crippen LogP contribution in [0.3, 0.4) is 0 Å². The van der Waals surface area contributed by atoms with E-state index in [1.165, 1.54) is 11.4 Å². The summed E-state index contributed by atoms with van der Waals surface area (Å²) < 4.78 is 17.9. The largest absolute Gasteiger partial charge is 0.454 e. The molecule has 0 saturated carbocycles. The van der Waals surface area contributed by atoms with E-state index in [9.17, 15) is 14.4 Å². The number of aryl methyl sites for hydroxylation is 1. The number of hydrogen-bond donors (Lipinski definition) is 1. The first-order valence-electron chi connectivity index (χ1n) is 9.47. The van der Waals surface area contributed by atoms with Gasteiger partial charge in [-0.05, 0) is 43.7 Å². The maximum Gasteiger partial charge on any atom is 0.348 e. The van der Waals surface area contributed by atoms with Gasteiger partial charge in [0.25, 0.3) is 0 Å². The molecule has 0 atom stereocenters. The monoisotopic (exact) mass is 440 g/mol. The minimum atomic E-state index is -0.667. The molecule has 3 heterocycles. The lowest BCUT2D eigenvalue weighted by Crippen LogP contribution is -2.15. The van der Waals surface area contributed by atoms with Gasteiger partial charge >= 0.3 is 5.97 Å². The first-order valence-corrected chi connectivity index (χ1v) is 10.4. The molecule has 3 aromatic rings. The lowest BCUT2D eigenvalue weighted by atomic mass is 10.1. The average molecular weight is 440 g/mol. The fraction of sp³-hybridized carbons (Fsp3) is 0.227. The van der Waals surface area contributed by atoms with Crippen molar-refractivity contribution in [1.82, 2.24) is 4.57 Å². The number of benzene rings is 1. The Hall–Kier alpha value is -3.59. The molecule has 8 nitrogen and oxygen atoms in total. The van der Waals surface area contributed by atoms with Gasteiger partial charge in [-0.2, -0.15) is 0 Å². The molecule has 2 aromatic heterocycles. The van der Waals surface area contributed by atoms with Crippen LogP contribution in [0, 0.1) is 13.8 Å². The molecule has 1 aromatic carbocycles. The van der Waals surface area contributed by atoms with Crippen LogP contribution in [0.25, 0.3) is 0 Å². The van der Waals surface area contributed by atoms with Crippen molar-refractivity contribution >= 4 is 29.0 Å². The number of carbonyl (C=O) groups excluding carboxylic acids is 3. The van der Waals surface area contributed by atoms with Crippen LogP contribution in [0.15, 0.2) is 35.7 Å². The predicted octanol–water partition coefficient (Wildman–Crippen LogP) is 3.08. The van der Waals surface area contributed by atoms with Crippen molar-refractivity contribution in [2.75, 3.05) is 13.4 Å². The quantitative estimate of drug-likeness (QED) is 0.447. The smallest absolute Gasteiger partial charge is 0.348 e. The highest BCUT2D eigenvalue weighted by molar-refractivity contribution is 7.12. The Morgan fingerprint density at radius 2 is 1.90 bits per heavy atom. The number of ether oxygens (including phenoxy) is 3. The SMILES string of the molecule is Cc1cc(C(=O)COC(=O)c2cc(C(N)=O)cs2)c(C)n1Cc1ccc2c(c1)OCO2. The molecule has 0 bridgehead atoms. The van der Waals surface area contributed by atoms with Crippen LogP contribution >= 0.6 is 11.3 Å². The van der Waals surface area contributed by atoms with E-state index in [0.29, 0.717) is 17.9 Å². The second-order valence-corrected chi connectivity index (χ2v) is 8.03. The number of ketones is 1. The molecule has 0 radical (unpaired) electrons. The molecule has 0 fully saturated rings. The molecule has 9 heteroatoms. The lowest BCUT2D eigenvalue weighted by Gasteiger charge is -2.11. The van der Waals surface area contributed by atoms with Gasteiger partial charge in [0.15, 0.2) is 18.1 Å². The number of rotatable bonds is 7. The summed E-state index contributed by atoms with van der Waals surface area (Å²) in [5.41, 5.74) is 8.62. The third kappa shape index (κ3) is 4.17. The maximum absolute atomic E-state index is 12.7. The maximum atomic E-state index is 12.7. The Kier molecular flexibility index (Phi) is 5.51. The van der Waals surface area contributed by atoms with Gasteiger partial charge < -0.3 is 24.5 Å². The van der Waals surface area contributed by atoms with Crippen molar-refractivity contribution in [1.29, 1.82) is 0 Å². The molecule has 1 amide bonds. The lowest BCUT2D eigenvalue weighted by molar-refractivity contribution is 0.0479. The highest BCUT2D eigenvalue weighted by atomic mass is 32.1. The van der Waals surface area contributed by atoms with Gasteiger partial charge in [0, 0.05) is 28.9 Å². The summed E-state index contributed by atoms with van der Waals surface area (Å²) in [6.07, 6.45) is 0. The van der Waals surface area contributed by atoms with Crippen LogP contribution in [0.5, 0.6) is 11.5 Å². The Morgan fingerprint density at radius 3 is 2.65 bits per heavy atom. The molecule has 1 aliphatic heterocycles. The van der Waals surface area contributed by atoms with E-state index in [2.05, 4.69) is 0 Å². The summed E-state index contributed by atoms with van der Waals surface area (Å²) in [5.74, 6) is -0.168. The number of amides is 1. The molecule has 0 saturated heterocycles. The third-order valence-corrected chi connectivity index (χ3v) is 5.98. The van der Waals surface area contributed by atoms with Crippen molar-refractivity contribution in [3.63, 3.8) is 0 Å². The summed E-state index contributed by atoms with van der Waals surface area (Å²) in [6.45, 7) is 4.16. The van der Waals surface area contributed by atoms with Gasteiger partial charge in [-0.1, -0.05) is 6.07 Å². The van der Waals surface area contributed by atoms with Crippen molar-refractivity contribution in [2.45, 2.75) is 20.4 Å². The van der Waals surface area contributed by atoms with Crippen LogP contribution in [-0.2, 0) is 11.3 Å². The molecule has 31 heavy (non-hydrogen) atoms. The van der Waals surface area contributed by atoms with E-state index in [1.807, 2.05) is 36.6 Å². The van der Waals surface area contributed by atoms with Crippen molar-refractivity contribution in [3.05, 3.63) is 68.7 Å². The van der Waals surface area contributed by atoms with E-state index < -0.39 is 18.5 Å². The van der Waals surface area contributed by atoms with Gasteiger partial charge in [-0.3, -0.25) is 9.59 Å². The van der Waals surface area contributed by atoms with Crippen LogP contribution in [0.4, 0.5) is 0 Å². The number of aromatic nitrogens is 1. The van der Waals surface area contributed by atoms with E-state index in [0.717, 1.165) is 34.0 Å².